The second-order valence-corrected chi connectivity index (χ2v) is 4.66. The molecule has 0 radical (unpaired) electrons. The molecule has 0 N–H and O–H groups in total. The van der Waals surface area contributed by atoms with Crippen molar-refractivity contribution in [2.24, 2.45) is 0 Å². The largest absolute Gasteiger partial charge is 0.497 e. The van der Waals surface area contributed by atoms with Gasteiger partial charge < -0.3 is 9.47 Å². The number of carbonyl (C=O) groups is 1. The zero-order chi connectivity index (χ0) is 15.7. The van der Waals surface area contributed by atoms with E-state index in [1.807, 2.05) is 12.1 Å². The van der Waals surface area contributed by atoms with Gasteiger partial charge >= 0.3 is 5.97 Å². The average Bonchev–Trinajstić information content (AvgIpc) is 2.84. The van der Waals surface area contributed by atoms with Crippen LogP contribution in [0.5, 0.6) is 5.75 Å². The van der Waals surface area contributed by atoms with E-state index >= 15 is 0 Å². The zero-order valence-corrected chi connectivity index (χ0v) is 11.6. The predicted molar refractivity (Wildman–Crippen MR) is 79.4 cm³/mol. The van der Waals surface area contributed by atoms with Crippen LogP contribution in [0.1, 0.15) is 21.5 Å². The molecule has 0 aromatic heterocycles. The molecule has 6 nitrogen and oxygen atoms in total. The Morgan fingerprint density at radius 2 is 1.86 bits per heavy atom. The van der Waals surface area contributed by atoms with Gasteiger partial charge in [-0.05, 0) is 29.8 Å². The molecular weight excluding hydrogens is 286 g/mol. The summed E-state index contributed by atoms with van der Waals surface area (Å²) in [7, 11) is 1.58. The van der Waals surface area contributed by atoms with Crippen LogP contribution in [0.25, 0.3) is 11.8 Å². The number of nitro benzene ring substituents is 1. The number of fused-ring (bicyclic) bond motifs is 1. The molecule has 0 amide bonds. The fraction of sp³-hybridized carbons (Fsp3) is 0.0625. The van der Waals surface area contributed by atoms with E-state index in [1.165, 1.54) is 18.2 Å². The third-order valence-electron chi connectivity index (χ3n) is 3.32. The minimum atomic E-state index is -0.585. The van der Waals surface area contributed by atoms with Crippen molar-refractivity contribution in [1.82, 2.24) is 0 Å². The summed E-state index contributed by atoms with van der Waals surface area (Å²) in [5, 5.41) is 10.8. The van der Waals surface area contributed by atoms with E-state index in [0.29, 0.717) is 11.3 Å². The number of benzene rings is 2. The van der Waals surface area contributed by atoms with Crippen molar-refractivity contribution in [3.05, 3.63) is 69.3 Å². The molecule has 6 heteroatoms. The molecule has 1 heterocycles. The number of nitro groups is 1. The monoisotopic (exact) mass is 297 g/mol. The number of ether oxygens (including phenoxy) is 2. The summed E-state index contributed by atoms with van der Waals surface area (Å²) in [6.45, 7) is 0. The highest BCUT2D eigenvalue weighted by Gasteiger charge is 2.28. The van der Waals surface area contributed by atoms with Gasteiger partial charge in [-0.3, -0.25) is 10.1 Å². The maximum atomic E-state index is 11.8. The summed E-state index contributed by atoms with van der Waals surface area (Å²) in [6.07, 6.45) is 1.70. The lowest BCUT2D eigenvalue weighted by Gasteiger charge is -2.01. The van der Waals surface area contributed by atoms with E-state index in [0.717, 1.165) is 11.3 Å². The SMILES string of the molecule is COc1ccc(/C=C2\OC(=O)c3cc([N+](=O)[O-])ccc32)cc1. The molecule has 3 rings (SSSR count). The Hall–Kier alpha value is -3.15. The van der Waals surface area contributed by atoms with Crippen LogP contribution in [0.2, 0.25) is 0 Å². The first-order valence-corrected chi connectivity index (χ1v) is 6.45. The smallest absolute Gasteiger partial charge is 0.344 e. The second-order valence-electron chi connectivity index (χ2n) is 4.66. The Bertz CT molecular complexity index is 793. The van der Waals surface area contributed by atoms with E-state index in [1.54, 1.807) is 25.3 Å². The molecule has 0 bridgehead atoms. The first-order valence-electron chi connectivity index (χ1n) is 6.45. The van der Waals surface area contributed by atoms with Gasteiger partial charge in [0.2, 0.25) is 0 Å². The van der Waals surface area contributed by atoms with Gasteiger partial charge in [0.25, 0.3) is 5.69 Å². The lowest BCUT2D eigenvalue weighted by Crippen LogP contribution is -1.95. The van der Waals surface area contributed by atoms with Gasteiger partial charge in [0.1, 0.15) is 11.5 Å². The topological polar surface area (TPSA) is 78.7 Å². The van der Waals surface area contributed by atoms with Crippen molar-refractivity contribution in [3.8, 4) is 5.75 Å². The summed E-state index contributed by atoms with van der Waals surface area (Å²) in [5.74, 6) is 0.514. The summed E-state index contributed by atoms with van der Waals surface area (Å²) >= 11 is 0. The quantitative estimate of drug-likeness (QED) is 0.493. The molecule has 0 fully saturated rings. The molecule has 0 atom stereocenters. The number of cyclic esters (lactones) is 1. The highest BCUT2D eigenvalue weighted by molar-refractivity contribution is 6.06. The first-order chi connectivity index (χ1) is 10.6. The Morgan fingerprint density at radius 3 is 2.50 bits per heavy atom. The number of non-ortho nitro benzene ring substituents is 1. The number of methoxy groups -OCH3 is 1. The number of nitrogens with zero attached hydrogens (tertiary/aromatic N) is 1. The lowest BCUT2D eigenvalue weighted by atomic mass is 10.1. The molecule has 22 heavy (non-hydrogen) atoms. The standard InChI is InChI=1S/C16H11NO5/c1-21-12-5-2-10(3-6-12)8-15-13-7-4-11(17(19)20)9-14(13)16(18)22-15/h2-9H,1H3/b15-8-. The Kier molecular flexibility index (Phi) is 3.34. The first kappa shape index (κ1) is 13.8. The zero-order valence-electron chi connectivity index (χ0n) is 11.6. The van der Waals surface area contributed by atoms with E-state index in [9.17, 15) is 14.9 Å². The van der Waals surface area contributed by atoms with Gasteiger partial charge in [0.15, 0.2) is 0 Å². The number of hydrogen-bond acceptors (Lipinski definition) is 5. The van der Waals surface area contributed by atoms with Crippen molar-refractivity contribution in [1.29, 1.82) is 0 Å². The molecule has 1 aliphatic heterocycles. The normalized spacial score (nSPS) is 14.6. The molecule has 110 valence electrons. The number of carbonyl (C=O) groups excluding carboxylic acids is 1. The minimum absolute atomic E-state index is 0.138. The van der Waals surface area contributed by atoms with Crippen molar-refractivity contribution < 1.29 is 19.2 Å². The highest BCUT2D eigenvalue weighted by Crippen LogP contribution is 2.33. The average molecular weight is 297 g/mol. The Labute approximate surface area is 125 Å². The summed E-state index contributed by atoms with van der Waals surface area (Å²) < 4.78 is 10.3. The molecule has 1 aliphatic rings. The van der Waals surface area contributed by atoms with E-state index in [2.05, 4.69) is 0 Å². The van der Waals surface area contributed by atoms with Crippen molar-refractivity contribution in [2.75, 3.05) is 7.11 Å². The van der Waals surface area contributed by atoms with Crippen molar-refractivity contribution >= 4 is 23.5 Å². The van der Waals surface area contributed by atoms with E-state index < -0.39 is 10.9 Å². The fourth-order valence-electron chi connectivity index (χ4n) is 2.20. The van der Waals surface area contributed by atoms with Crippen molar-refractivity contribution in [3.63, 3.8) is 0 Å². The van der Waals surface area contributed by atoms with Crippen LogP contribution >= 0.6 is 0 Å². The number of hydrogen-bond donors (Lipinski definition) is 0. The maximum absolute atomic E-state index is 11.8. The Balaban J connectivity index is 1.99. The molecule has 0 spiro atoms. The minimum Gasteiger partial charge on any atom is -0.497 e. The van der Waals surface area contributed by atoms with Gasteiger partial charge in [-0.15, -0.1) is 0 Å². The third kappa shape index (κ3) is 2.42. The van der Waals surface area contributed by atoms with Crippen LogP contribution in [0.15, 0.2) is 42.5 Å². The van der Waals surface area contributed by atoms with Gasteiger partial charge in [-0.25, -0.2) is 4.79 Å². The number of esters is 1. The number of rotatable bonds is 3. The van der Waals surface area contributed by atoms with Gasteiger partial charge in [0.05, 0.1) is 17.6 Å². The third-order valence-corrected chi connectivity index (χ3v) is 3.32. The molecule has 0 unspecified atom stereocenters. The van der Waals surface area contributed by atoms with Crippen LogP contribution in [0, 0.1) is 10.1 Å². The van der Waals surface area contributed by atoms with Crippen LogP contribution in [-0.4, -0.2) is 18.0 Å². The molecular formula is C16H11NO5. The van der Waals surface area contributed by atoms with E-state index in [-0.39, 0.29) is 11.3 Å². The van der Waals surface area contributed by atoms with E-state index in [4.69, 9.17) is 9.47 Å². The van der Waals surface area contributed by atoms with Crippen LogP contribution < -0.4 is 4.74 Å². The highest BCUT2D eigenvalue weighted by atomic mass is 16.6. The van der Waals surface area contributed by atoms with Gasteiger partial charge in [-0.1, -0.05) is 12.1 Å². The van der Waals surface area contributed by atoms with Crippen LogP contribution in [-0.2, 0) is 4.74 Å². The van der Waals surface area contributed by atoms with Crippen LogP contribution in [0.4, 0.5) is 5.69 Å². The lowest BCUT2D eigenvalue weighted by molar-refractivity contribution is -0.384. The van der Waals surface area contributed by atoms with Crippen LogP contribution in [0.3, 0.4) is 0 Å². The summed E-state index contributed by atoms with van der Waals surface area (Å²) in [5.41, 5.74) is 1.44. The molecule has 2 aromatic rings. The van der Waals surface area contributed by atoms with Crippen molar-refractivity contribution in [2.45, 2.75) is 0 Å². The maximum Gasteiger partial charge on any atom is 0.344 e. The fourth-order valence-corrected chi connectivity index (χ4v) is 2.20. The Morgan fingerprint density at radius 1 is 1.14 bits per heavy atom. The molecule has 0 aliphatic carbocycles. The predicted octanol–water partition coefficient (Wildman–Crippen LogP) is 3.27. The summed E-state index contributed by atoms with van der Waals surface area (Å²) in [6, 6.07) is 11.3. The molecule has 2 aromatic carbocycles. The van der Waals surface area contributed by atoms with Gasteiger partial charge in [0, 0.05) is 17.7 Å². The summed E-state index contributed by atoms with van der Waals surface area (Å²) in [4.78, 5) is 22.1. The molecule has 0 saturated heterocycles. The molecule has 0 saturated carbocycles. The second kappa shape index (κ2) is 5.33. The van der Waals surface area contributed by atoms with Gasteiger partial charge in [-0.2, -0.15) is 0 Å².